The molecule has 0 aliphatic rings. The number of hydrogen-bond donors (Lipinski definition) is 2. The highest BCUT2D eigenvalue weighted by Crippen LogP contribution is 2.27. The monoisotopic (exact) mass is 319 g/mol. The molecule has 0 heterocycles. The Kier molecular flexibility index (Phi) is 4.77. The van der Waals surface area contributed by atoms with Crippen molar-refractivity contribution in [2.24, 2.45) is 5.16 Å². The van der Waals surface area contributed by atoms with E-state index in [9.17, 15) is 10.3 Å². The summed E-state index contributed by atoms with van der Waals surface area (Å²) in [6, 6.07) is 23.9. The largest absolute Gasteiger partial charge is 0.507 e. The third-order valence-electron chi connectivity index (χ3n) is 3.62. The van der Waals surface area contributed by atoms with Crippen LogP contribution in [0.15, 0.2) is 84.0 Å². The van der Waals surface area contributed by atoms with Crippen LogP contribution >= 0.6 is 0 Å². The van der Waals surface area contributed by atoms with Crippen LogP contribution in [0.1, 0.15) is 16.7 Å². The summed E-state index contributed by atoms with van der Waals surface area (Å²) in [5.41, 5.74) is 2.51. The smallest absolute Gasteiger partial charge is 0.128 e. The topological polar surface area (TPSA) is 62.1 Å². The quantitative estimate of drug-likeness (QED) is 0.421. The molecule has 3 aromatic rings. The molecule has 0 atom stereocenters. The molecule has 0 spiro atoms. The van der Waals surface area contributed by atoms with Crippen molar-refractivity contribution >= 4 is 5.71 Å². The number of phenolic OH excluding ortho intramolecular Hbond substituents is 1. The normalized spacial score (nSPS) is 11.2. The van der Waals surface area contributed by atoms with E-state index < -0.39 is 0 Å². The molecule has 0 fully saturated rings. The maximum absolute atomic E-state index is 10.3. The summed E-state index contributed by atoms with van der Waals surface area (Å²) in [6.07, 6.45) is 0. The highest BCUT2D eigenvalue weighted by atomic mass is 16.5. The molecule has 0 aliphatic heterocycles. The fourth-order valence-corrected chi connectivity index (χ4v) is 2.41. The Morgan fingerprint density at radius 1 is 0.875 bits per heavy atom. The van der Waals surface area contributed by atoms with Crippen LogP contribution in [0, 0.1) is 0 Å². The van der Waals surface area contributed by atoms with Gasteiger partial charge in [0.25, 0.3) is 0 Å². The number of oxime groups is 1. The molecular formula is C20H17NO3. The molecule has 0 unspecified atom stereocenters. The van der Waals surface area contributed by atoms with Crippen LogP contribution in [-0.2, 0) is 6.61 Å². The first kappa shape index (κ1) is 15.6. The fraction of sp³-hybridized carbons (Fsp3) is 0.0500. The number of nitrogens with zero attached hydrogens (tertiary/aromatic N) is 1. The molecule has 4 nitrogen and oxygen atoms in total. The van der Waals surface area contributed by atoms with Crippen molar-refractivity contribution in [3.63, 3.8) is 0 Å². The van der Waals surface area contributed by atoms with Gasteiger partial charge in [-0.25, -0.2) is 0 Å². The van der Waals surface area contributed by atoms with Gasteiger partial charge in [-0.3, -0.25) is 0 Å². The van der Waals surface area contributed by atoms with Crippen LogP contribution in [0.5, 0.6) is 11.5 Å². The number of benzene rings is 3. The first-order chi connectivity index (χ1) is 11.8. The number of rotatable bonds is 5. The summed E-state index contributed by atoms with van der Waals surface area (Å²) in [5, 5.41) is 22.9. The van der Waals surface area contributed by atoms with Gasteiger partial charge in [-0.15, -0.1) is 0 Å². The lowest BCUT2D eigenvalue weighted by Gasteiger charge is -2.10. The summed E-state index contributed by atoms with van der Waals surface area (Å²) in [6.45, 7) is 0.416. The highest BCUT2D eigenvalue weighted by molar-refractivity contribution is 6.14. The molecular weight excluding hydrogens is 302 g/mol. The van der Waals surface area contributed by atoms with Crippen LogP contribution in [0.4, 0.5) is 0 Å². The lowest BCUT2D eigenvalue weighted by atomic mass is 10.0. The van der Waals surface area contributed by atoms with Crippen LogP contribution < -0.4 is 4.74 Å². The second kappa shape index (κ2) is 7.33. The van der Waals surface area contributed by atoms with Gasteiger partial charge in [-0.05, 0) is 17.7 Å². The van der Waals surface area contributed by atoms with Gasteiger partial charge in [0.15, 0.2) is 0 Å². The summed E-state index contributed by atoms with van der Waals surface area (Å²) in [7, 11) is 0. The molecule has 0 bridgehead atoms. The van der Waals surface area contributed by atoms with Gasteiger partial charge < -0.3 is 15.1 Å². The van der Waals surface area contributed by atoms with Crippen molar-refractivity contribution in [1.82, 2.24) is 0 Å². The molecule has 3 aromatic carbocycles. The summed E-state index contributed by atoms with van der Waals surface area (Å²) in [4.78, 5) is 0. The lowest BCUT2D eigenvalue weighted by molar-refractivity contribution is 0.304. The van der Waals surface area contributed by atoms with Crippen LogP contribution in [0.25, 0.3) is 0 Å². The van der Waals surface area contributed by atoms with Crippen LogP contribution in [0.3, 0.4) is 0 Å². The number of hydrogen-bond acceptors (Lipinski definition) is 4. The summed E-state index contributed by atoms with van der Waals surface area (Å²) in [5.74, 6) is 0.544. The minimum absolute atomic E-state index is 0.00258. The van der Waals surface area contributed by atoms with Gasteiger partial charge in [0.05, 0.1) is 0 Å². The van der Waals surface area contributed by atoms with Crippen LogP contribution in [0.2, 0.25) is 0 Å². The van der Waals surface area contributed by atoms with E-state index in [0.29, 0.717) is 29.2 Å². The van der Waals surface area contributed by atoms with Crippen molar-refractivity contribution in [1.29, 1.82) is 0 Å². The molecule has 2 N–H and O–H groups in total. The van der Waals surface area contributed by atoms with Crippen LogP contribution in [-0.4, -0.2) is 16.0 Å². The van der Waals surface area contributed by atoms with E-state index in [0.717, 1.165) is 5.56 Å². The second-order valence-corrected chi connectivity index (χ2v) is 5.27. The molecule has 0 radical (unpaired) electrons. The Bertz CT molecular complexity index is 830. The van der Waals surface area contributed by atoms with E-state index in [1.165, 1.54) is 6.07 Å². The van der Waals surface area contributed by atoms with E-state index >= 15 is 0 Å². The SMILES string of the molecule is O/N=C(/c1ccccc1)c1ccc(OCc2ccccc2)cc1O. The number of phenols is 1. The predicted molar refractivity (Wildman–Crippen MR) is 92.7 cm³/mol. The van der Waals surface area contributed by atoms with Crippen molar-refractivity contribution in [2.75, 3.05) is 0 Å². The van der Waals surface area contributed by atoms with Gasteiger partial charge in [0.1, 0.15) is 23.8 Å². The zero-order valence-electron chi connectivity index (χ0n) is 13.0. The van der Waals surface area contributed by atoms with E-state index in [2.05, 4.69) is 5.16 Å². The third-order valence-corrected chi connectivity index (χ3v) is 3.62. The zero-order valence-corrected chi connectivity index (χ0v) is 13.0. The molecule has 120 valence electrons. The van der Waals surface area contributed by atoms with Crippen molar-refractivity contribution in [3.05, 3.63) is 95.6 Å². The van der Waals surface area contributed by atoms with E-state index in [4.69, 9.17) is 4.74 Å². The molecule has 4 heteroatoms. The number of aromatic hydroxyl groups is 1. The van der Waals surface area contributed by atoms with Gasteiger partial charge in [-0.1, -0.05) is 65.8 Å². The van der Waals surface area contributed by atoms with E-state index in [1.807, 2.05) is 60.7 Å². The van der Waals surface area contributed by atoms with Crippen molar-refractivity contribution < 1.29 is 15.1 Å². The Morgan fingerprint density at radius 2 is 1.54 bits per heavy atom. The molecule has 0 amide bonds. The second-order valence-electron chi connectivity index (χ2n) is 5.27. The Balaban J connectivity index is 1.79. The predicted octanol–water partition coefficient (Wildman–Crippen LogP) is 4.20. The lowest BCUT2D eigenvalue weighted by Crippen LogP contribution is -2.04. The zero-order chi connectivity index (χ0) is 16.8. The van der Waals surface area contributed by atoms with Gasteiger partial charge in [0.2, 0.25) is 0 Å². The maximum Gasteiger partial charge on any atom is 0.128 e. The molecule has 0 aromatic heterocycles. The molecule has 0 aliphatic carbocycles. The molecule has 3 rings (SSSR count). The Labute approximate surface area is 140 Å². The van der Waals surface area contributed by atoms with Crippen molar-refractivity contribution in [3.8, 4) is 11.5 Å². The first-order valence-corrected chi connectivity index (χ1v) is 7.55. The first-order valence-electron chi connectivity index (χ1n) is 7.55. The fourth-order valence-electron chi connectivity index (χ4n) is 2.41. The minimum atomic E-state index is -0.00258. The number of ether oxygens (including phenoxy) is 1. The third kappa shape index (κ3) is 3.55. The standard InChI is InChI=1S/C20H17NO3/c22-19-13-17(24-14-15-7-3-1-4-8-15)11-12-18(19)20(21-23)16-9-5-2-6-10-16/h1-13,22-23H,14H2/b21-20-. The molecule has 0 saturated carbocycles. The van der Waals surface area contributed by atoms with E-state index in [1.54, 1.807) is 12.1 Å². The van der Waals surface area contributed by atoms with Crippen molar-refractivity contribution in [2.45, 2.75) is 6.61 Å². The minimum Gasteiger partial charge on any atom is -0.507 e. The highest BCUT2D eigenvalue weighted by Gasteiger charge is 2.13. The summed E-state index contributed by atoms with van der Waals surface area (Å²) >= 11 is 0. The maximum atomic E-state index is 10.3. The molecule has 0 saturated heterocycles. The van der Waals surface area contributed by atoms with Gasteiger partial charge in [0, 0.05) is 17.2 Å². The molecule has 24 heavy (non-hydrogen) atoms. The Morgan fingerprint density at radius 3 is 2.17 bits per heavy atom. The average Bonchev–Trinajstić information content (AvgIpc) is 2.64. The summed E-state index contributed by atoms with van der Waals surface area (Å²) < 4.78 is 5.68. The average molecular weight is 319 g/mol. The van der Waals surface area contributed by atoms with Gasteiger partial charge >= 0.3 is 0 Å². The van der Waals surface area contributed by atoms with Gasteiger partial charge in [-0.2, -0.15) is 0 Å². The van der Waals surface area contributed by atoms with E-state index in [-0.39, 0.29) is 5.75 Å². The Hall–Kier alpha value is -3.27.